The maximum atomic E-state index is 13.7. The molecule has 1 spiro atoms. The quantitative estimate of drug-likeness (QED) is 0.644. The van der Waals surface area contributed by atoms with E-state index in [4.69, 9.17) is 14.6 Å². The number of nitrogens with one attached hydrogen (secondary N) is 1. The lowest BCUT2D eigenvalue weighted by molar-refractivity contribution is -0.191. The highest BCUT2D eigenvalue weighted by Gasteiger charge is 2.50. The average molecular weight is 511 g/mol. The number of benzene rings is 1. The number of amides is 2. The first kappa shape index (κ1) is 28.6. The van der Waals surface area contributed by atoms with Crippen LogP contribution in [0.2, 0.25) is 0 Å². The molecule has 1 aromatic carbocycles. The molecule has 0 atom stereocenters. The van der Waals surface area contributed by atoms with E-state index in [0.717, 1.165) is 63.6 Å². The Kier molecular flexibility index (Phi) is 9.66. The molecule has 0 radical (unpaired) electrons. The van der Waals surface area contributed by atoms with Crippen molar-refractivity contribution in [3.05, 3.63) is 35.4 Å². The largest absolute Gasteiger partial charge is 0.373 e. The van der Waals surface area contributed by atoms with E-state index < -0.39 is 0 Å². The van der Waals surface area contributed by atoms with Gasteiger partial charge in [0.15, 0.2) is 5.84 Å². The van der Waals surface area contributed by atoms with Crippen molar-refractivity contribution < 1.29 is 19.2 Å². The zero-order valence-electron chi connectivity index (χ0n) is 22.8. The maximum Gasteiger partial charge on any atom is 0.373 e. The molecule has 1 saturated heterocycles. The predicted molar refractivity (Wildman–Crippen MR) is 142 cm³/mol. The number of aliphatic imine (C=N–C) groups is 1. The number of nitrogens with zero attached hydrogens (tertiary/aromatic N) is 3. The van der Waals surface area contributed by atoms with Crippen molar-refractivity contribution in [3.8, 4) is 0 Å². The summed E-state index contributed by atoms with van der Waals surface area (Å²) in [7, 11) is 0. The van der Waals surface area contributed by atoms with Crippen molar-refractivity contribution in [2.75, 3.05) is 26.2 Å². The van der Waals surface area contributed by atoms with E-state index in [1.54, 1.807) is 0 Å². The first-order valence-corrected chi connectivity index (χ1v) is 13.7. The maximum absolute atomic E-state index is 13.7. The van der Waals surface area contributed by atoms with Gasteiger partial charge in [-0.2, -0.15) is 9.59 Å². The van der Waals surface area contributed by atoms with Crippen molar-refractivity contribution in [2.24, 2.45) is 16.3 Å². The Morgan fingerprint density at radius 2 is 1.68 bits per heavy atom. The van der Waals surface area contributed by atoms with E-state index in [-0.39, 0.29) is 23.6 Å². The Hall–Kier alpha value is -2.99. The Bertz CT molecular complexity index is 992. The van der Waals surface area contributed by atoms with Crippen molar-refractivity contribution in [1.82, 2.24) is 15.1 Å². The minimum atomic E-state index is -0.382. The third-order valence-electron chi connectivity index (χ3n) is 8.10. The van der Waals surface area contributed by atoms with Gasteiger partial charge in [-0.05, 0) is 87.3 Å². The van der Waals surface area contributed by atoms with Gasteiger partial charge in [-0.3, -0.25) is 9.59 Å². The van der Waals surface area contributed by atoms with Crippen LogP contribution in [-0.2, 0) is 20.8 Å². The molecule has 1 saturated carbocycles. The van der Waals surface area contributed by atoms with Crippen LogP contribution >= 0.6 is 0 Å². The topological polar surface area (TPSA) is 99.2 Å². The van der Waals surface area contributed by atoms with E-state index in [1.807, 2.05) is 31.2 Å². The van der Waals surface area contributed by atoms with Gasteiger partial charge in [-0.25, -0.2) is 4.99 Å². The van der Waals surface area contributed by atoms with Crippen molar-refractivity contribution in [2.45, 2.75) is 84.7 Å². The van der Waals surface area contributed by atoms with Crippen LogP contribution in [0.5, 0.6) is 0 Å². The van der Waals surface area contributed by atoms with Gasteiger partial charge in [0.1, 0.15) is 5.66 Å². The molecule has 2 fully saturated rings. The second-order valence-corrected chi connectivity index (χ2v) is 11.5. The summed E-state index contributed by atoms with van der Waals surface area (Å²) < 4.78 is 0. The fraction of sp³-hybridized carbons (Fsp3) is 0.655. The van der Waals surface area contributed by atoms with Gasteiger partial charge in [0.25, 0.3) is 11.8 Å². The molecule has 1 aliphatic carbocycles. The first-order chi connectivity index (χ1) is 17.6. The molecule has 37 heavy (non-hydrogen) atoms. The predicted octanol–water partition coefficient (Wildman–Crippen LogP) is 4.05. The number of carbonyl (C=O) groups excluding carboxylic acids is 4. The van der Waals surface area contributed by atoms with Crippen molar-refractivity contribution in [3.63, 3.8) is 0 Å². The highest BCUT2D eigenvalue weighted by molar-refractivity contribution is 6.39. The summed E-state index contributed by atoms with van der Waals surface area (Å²) in [6.45, 7) is 12.1. The first-order valence-electron chi connectivity index (χ1n) is 13.7. The van der Waals surface area contributed by atoms with Crippen LogP contribution in [0.3, 0.4) is 0 Å². The molecule has 2 amide bonds. The number of amidine groups is 1. The van der Waals surface area contributed by atoms with Gasteiger partial charge in [0, 0.05) is 31.7 Å². The van der Waals surface area contributed by atoms with Gasteiger partial charge in [0.2, 0.25) is 0 Å². The molecule has 4 rings (SSSR count). The molecule has 2 heterocycles. The molecule has 3 aliphatic rings. The Balaban J connectivity index is 0.00000121. The van der Waals surface area contributed by atoms with Crippen LogP contribution in [0.15, 0.2) is 29.3 Å². The molecule has 2 aliphatic heterocycles. The summed E-state index contributed by atoms with van der Waals surface area (Å²) in [5.41, 5.74) is 1.73. The van der Waals surface area contributed by atoms with Crippen LogP contribution < -0.4 is 5.32 Å². The summed E-state index contributed by atoms with van der Waals surface area (Å²) >= 11 is 0. The van der Waals surface area contributed by atoms with E-state index >= 15 is 0 Å². The summed E-state index contributed by atoms with van der Waals surface area (Å²) in [5, 5.41) is 2.84. The highest BCUT2D eigenvalue weighted by Crippen LogP contribution is 2.46. The highest BCUT2D eigenvalue weighted by atomic mass is 16.2. The number of carbonyl (C=O) groups is 2. The van der Waals surface area contributed by atoms with Crippen LogP contribution in [0.1, 0.15) is 88.6 Å². The summed E-state index contributed by atoms with van der Waals surface area (Å²) in [5.74, 6) is 1.46. The molecule has 8 heteroatoms. The summed E-state index contributed by atoms with van der Waals surface area (Å²) in [4.78, 5) is 51.6. The Labute approximate surface area is 220 Å². The number of rotatable bonds is 5. The van der Waals surface area contributed by atoms with Crippen LogP contribution in [0, 0.1) is 11.3 Å². The van der Waals surface area contributed by atoms with Gasteiger partial charge in [0.05, 0.1) is 0 Å². The fourth-order valence-corrected chi connectivity index (χ4v) is 5.89. The van der Waals surface area contributed by atoms with Crippen molar-refractivity contribution in [1.29, 1.82) is 0 Å². The summed E-state index contributed by atoms with van der Waals surface area (Å²) in [6, 6.07) is 7.79. The number of piperidine rings is 1. The fourth-order valence-electron chi connectivity index (χ4n) is 5.89. The Morgan fingerprint density at radius 1 is 1.08 bits per heavy atom. The number of likely N-dealkylation sites (tertiary alicyclic amines) is 1. The Morgan fingerprint density at radius 3 is 2.22 bits per heavy atom. The minimum Gasteiger partial charge on any atom is -0.352 e. The zero-order chi connectivity index (χ0) is 27.1. The van der Waals surface area contributed by atoms with Gasteiger partial charge in [-0.1, -0.05) is 32.9 Å². The van der Waals surface area contributed by atoms with Crippen LogP contribution in [0.25, 0.3) is 0 Å². The van der Waals surface area contributed by atoms with E-state index in [2.05, 4.69) is 35.9 Å². The molecule has 1 aromatic rings. The molecule has 1 N–H and O–H groups in total. The molecule has 0 unspecified atom stereocenters. The molecular weight excluding hydrogens is 468 g/mol. The lowest BCUT2D eigenvalue weighted by Gasteiger charge is -2.44. The second-order valence-electron chi connectivity index (χ2n) is 11.5. The van der Waals surface area contributed by atoms with Gasteiger partial charge in [-0.15, -0.1) is 0 Å². The number of hydrogen-bond donors (Lipinski definition) is 1. The lowest BCUT2D eigenvalue weighted by Crippen LogP contribution is -2.51. The zero-order valence-corrected chi connectivity index (χ0v) is 22.8. The third-order valence-corrected chi connectivity index (χ3v) is 8.10. The van der Waals surface area contributed by atoms with Crippen LogP contribution in [0.4, 0.5) is 0 Å². The van der Waals surface area contributed by atoms with Crippen molar-refractivity contribution >= 4 is 23.8 Å². The van der Waals surface area contributed by atoms with E-state index in [9.17, 15) is 9.59 Å². The summed E-state index contributed by atoms with van der Waals surface area (Å²) in [6.07, 6.45) is 8.69. The lowest BCUT2D eigenvalue weighted by atomic mass is 9.69. The molecule has 0 aromatic heterocycles. The number of hydrogen-bond acceptors (Lipinski definition) is 6. The smallest absolute Gasteiger partial charge is 0.352 e. The normalized spacial score (nSPS) is 23.7. The monoisotopic (exact) mass is 510 g/mol. The third kappa shape index (κ3) is 6.86. The van der Waals surface area contributed by atoms with Crippen LogP contribution in [-0.4, -0.2) is 65.4 Å². The molecule has 0 bridgehead atoms. The second kappa shape index (κ2) is 12.5. The average Bonchev–Trinajstić information content (AvgIpc) is 3.14. The van der Waals surface area contributed by atoms with Gasteiger partial charge >= 0.3 is 6.15 Å². The molecular formula is C29H42N4O4. The SMILES string of the molecule is CCNC(=O)c1ccc(CCN2C(=O)C(N3CCCCC3)=NC23CCC(C(C)(C)C)CC3)cc1.O=C=O. The van der Waals surface area contributed by atoms with Gasteiger partial charge < -0.3 is 15.1 Å². The van der Waals surface area contributed by atoms with E-state index in [1.165, 1.54) is 6.42 Å². The van der Waals surface area contributed by atoms with E-state index in [0.29, 0.717) is 35.8 Å². The molecule has 8 nitrogen and oxygen atoms in total. The minimum absolute atomic E-state index is 0.0436. The molecule has 202 valence electrons. The standard InChI is InChI=1S/C28H42N4O2.CO2/c1-5-29-25(33)22-11-9-21(10-12-22)15-20-32-26(34)24(31-18-7-6-8-19-31)30-28(32)16-13-23(14-17-28)27(2,3)4;2-1-3/h9-12,23H,5-8,13-20H2,1-4H3,(H,29,33);.